The first-order chi connectivity index (χ1) is 8.95. The van der Waals surface area contributed by atoms with Gasteiger partial charge in [-0.25, -0.2) is 14.0 Å². The summed E-state index contributed by atoms with van der Waals surface area (Å²) in [6.07, 6.45) is 0. The molecular formula is C12H15FN2O4. The summed E-state index contributed by atoms with van der Waals surface area (Å²) in [5.74, 6) is -1.67. The number of carbonyl (C=O) groups is 2. The molecule has 0 aliphatic carbocycles. The van der Waals surface area contributed by atoms with E-state index < -0.39 is 23.9 Å². The lowest BCUT2D eigenvalue weighted by Gasteiger charge is -2.15. The second-order valence-corrected chi connectivity index (χ2v) is 3.86. The van der Waals surface area contributed by atoms with Crippen LogP contribution in [0.5, 0.6) is 0 Å². The number of methoxy groups -OCH3 is 1. The number of urea groups is 1. The van der Waals surface area contributed by atoms with Gasteiger partial charge in [0.15, 0.2) is 6.04 Å². The maximum absolute atomic E-state index is 13.3. The fourth-order valence-corrected chi connectivity index (χ4v) is 1.40. The lowest BCUT2D eigenvalue weighted by Crippen LogP contribution is -2.45. The van der Waals surface area contributed by atoms with Crippen molar-refractivity contribution in [3.8, 4) is 0 Å². The first-order valence-electron chi connectivity index (χ1n) is 5.50. The van der Waals surface area contributed by atoms with Gasteiger partial charge in [-0.2, -0.15) is 0 Å². The number of ether oxygens (including phenoxy) is 1. The van der Waals surface area contributed by atoms with E-state index in [0.717, 1.165) is 0 Å². The number of aliphatic carboxylic acids is 1. The highest BCUT2D eigenvalue weighted by Gasteiger charge is 2.20. The largest absolute Gasteiger partial charge is 0.480 e. The maximum atomic E-state index is 13.3. The van der Waals surface area contributed by atoms with E-state index in [9.17, 15) is 14.0 Å². The summed E-state index contributed by atoms with van der Waals surface area (Å²) < 4.78 is 17.9. The number of carboxylic acids is 1. The van der Waals surface area contributed by atoms with E-state index in [4.69, 9.17) is 5.11 Å². The molecule has 1 aromatic carbocycles. The van der Waals surface area contributed by atoms with Crippen molar-refractivity contribution >= 4 is 17.7 Å². The van der Waals surface area contributed by atoms with Gasteiger partial charge >= 0.3 is 12.0 Å². The van der Waals surface area contributed by atoms with Crippen LogP contribution in [0.3, 0.4) is 0 Å². The SMILES string of the molecule is COCC(NC(=O)Nc1cccc(F)c1C)C(=O)O. The third-order valence-corrected chi connectivity index (χ3v) is 2.45. The average Bonchev–Trinajstić information content (AvgIpc) is 2.34. The Morgan fingerprint density at radius 2 is 2.16 bits per heavy atom. The molecule has 0 aliphatic rings. The van der Waals surface area contributed by atoms with E-state index in [1.54, 1.807) is 0 Å². The number of carbonyl (C=O) groups excluding carboxylic acids is 1. The van der Waals surface area contributed by atoms with Gasteiger partial charge in [-0.1, -0.05) is 6.07 Å². The minimum absolute atomic E-state index is 0.162. The van der Waals surface area contributed by atoms with Gasteiger partial charge in [0.1, 0.15) is 5.82 Å². The highest BCUT2D eigenvalue weighted by Crippen LogP contribution is 2.17. The molecule has 0 fully saturated rings. The van der Waals surface area contributed by atoms with Crippen LogP contribution in [0.2, 0.25) is 0 Å². The molecule has 0 bridgehead atoms. The summed E-state index contributed by atoms with van der Waals surface area (Å²) in [6, 6.07) is 2.33. The van der Waals surface area contributed by atoms with Crippen molar-refractivity contribution < 1.29 is 23.8 Å². The Hall–Kier alpha value is -2.15. The van der Waals surface area contributed by atoms with E-state index in [2.05, 4.69) is 15.4 Å². The third-order valence-electron chi connectivity index (χ3n) is 2.45. The van der Waals surface area contributed by atoms with Gasteiger partial charge in [0.25, 0.3) is 0 Å². The number of rotatable bonds is 5. The van der Waals surface area contributed by atoms with Gasteiger partial charge in [0.05, 0.1) is 6.61 Å². The number of halogens is 1. The first-order valence-corrected chi connectivity index (χ1v) is 5.50. The second-order valence-electron chi connectivity index (χ2n) is 3.86. The molecule has 0 radical (unpaired) electrons. The molecule has 1 unspecified atom stereocenters. The highest BCUT2D eigenvalue weighted by atomic mass is 19.1. The summed E-state index contributed by atoms with van der Waals surface area (Å²) >= 11 is 0. The predicted octanol–water partition coefficient (Wildman–Crippen LogP) is 1.36. The van der Waals surface area contributed by atoms with Gasteiger partial charge in [0.2, 0.25) is 0 Å². The quantitative estimate of drug-likeness (QED) is 0.753. The van der Waals surface area contributed by atoms with E-state index >= 15 is 0 Å². The van der Waals surface area contributed by atoms with Crippen molar-refractivity contribution in [1.82, 2.24) is 5.32 Å². The van der Waals surface area contributed by atoms with Gasteiger partial charge in [0, 0.05) is 18.4 Å². The zero-order valence-corrected chi connectivity index (χ0v) is 10.6. The molecule has 2 amide bonds. The van der Waals surface area contributed by atoms with Crippen LogP contribution < -0.4 is 10.6 Å². The monoisotopic (exact) mass is 270 g/mol. The summed E-state index contributed by atoms with van der Waals surface area (Å²) in [5, 5.41) is 13.4. The molecule has 0 heterocycles. The number of benzene rings is 1. The van der Waals surface area contributed by atoms with Gasteiger partial charge < -0.3 is 20.5 Å². The minimum atomic E-state index is -1.21. The van der Waals surface area contributed by atoms with E-state index in [0.29, 0.717) is 0 Å². The van der Waals surface area contributed by atoms with Crippen LogP contribution in [-0.4, -0.2) is 36.9 Å². The summed E-state index contributed by atoms with van der Waals surface area (Å²) in [4.78, 5) is 22.4. The molecule has 0 spiro atoms. The molecule has 19 heavy (non-hydrogen) atoms. The van der Waals surface area contributed by atoms with Gasteiger partial charge in [-0.15, -0.1) is 0 Å². The summed E-state index contributed by atoms with van der Waals surface area (Å²) in [5.41, 5.74) is 0.551. The number of amides is 2. The minimum Gasteiger partial charge on any atom is -0.480 e. The molecule has 1 rings (SSSR count). The van der Waals surface area contributed by atoms with Gasteiger partial charge in [-0.3, -0.25) is 0 Å². The smallest absolute Gasteiger partial charge is 0.328 e. The van der Waals surface area contributed by atoms with Crippen LogP contribution in [-0.2, 0) is 9.53 Å². The molecule has 7 heteroatoms. The fourth-order valence-electron chi connectivity index (χ4n) is 1.40. The first kappa shape index (κ1) is 14.9. The second kappa shape index (κ2) is 6.69. The van der Waals surface area contributed by atoms with Crippen LogP contribution in [0.15, 0.2) is 18.2 Å². The van der Waals surface area contributed by atoms with Gasteiger partial charge in [-0.05, 0) is 19.1 Å². The lowest BCUT2D eigenvalue weighted by molar-refractivity contribution is -0.140. The van der Waals surface area contributed by atoms with E-state index in [1.807, 2.05) is 0 Å². The normalized spacial score (nSPS) is 11.7. The molecule has 0 saturated carbocycles. The van der Waals surface area contributed by atoms with Crippen LogP contribution in [0.25, 0.3) is 0 Å². The molecule has 0 aliphatic heterocycles. The third kappa shape index (κ3) is 4.22. The Kier molecular flexibility index (Phi) is 5.25. The van der Waals surface area contributed by atoms with Crippen molar-refractivity contribution in [3.63, 3.8) is 0 Å². The number of nitrogens with one attached hydrogen (secondary N) is 2. The highest BCUT2D eigenvalue weighted by molar-refractivity contribution is 5.92. The Labute approximate surface area is 109 Å². The number of hydrogen-bond acceptors (Lipinski definition) is 3. The van der Waals surface area contributed by atoms with Crippen LogP contribution in [0, 0.1) is 12.7 Å². The van der Waals surface area contributed by atoms with E-state index in [1.165, 1.54) is 32.2 Å². The Balaban J connectivity index is 2.69. The molecule has 0 aromatic heterocycles. The number of carboxylic acid groups (broad SMARTS) is 1. The van der Waals surface area contributed by atoms with Crippen molar-refractivity contribution in [2.75, 3.05) is 19.0 Å². The zero-order valence-electron chi connectivity index (χ0n) is 10.6. The van der Waals surface area contributed by atoms with Crippen molar-refractivity contribution in [1.29, 1.82) is 0 Å². The molecule has 0 saturated heterocycles. The molecule has 3 N–H and O–H groups in total. The Bertz CT molecular complexity index is 479. The molecule has 1 atom stereocenters. The molecule has 1 aromatic rings. The standard InChI is InChI=1S/C12H15FN2O4/c1-7-8(13)4-3-5-9(7)14-12(18)15-10(6-19-2)11(16)17/h3-5,10H,6H2,1-2H3,(H,16,17)(H2,14,15,18). The average molecular weight is 270 g/mol. The van der Waals surface area contributed by atoms with Crippen LogP contribution in [0.1, 0.15) is 5.56 Å². The van der Waals surface area contributed by atoms with E-state index in [-0.39, 0.29) is 17.9 Å². The van der Waals surface area contributed by atoms with Crippen molar-refractivity contribution in [3.05, 3.63) is 29.6 Å². The Morgan fingerprint density at radius 1 is 1.47 bits per heavy atom. The Morgan fingerprint density at radius 3 is 2.74 bits per heavy atom. The van der Waals surface area contributed by atoms with Crippen molar-refractivity contribution in [2.45, 2.75) is 13.0 Å². The lowest BCUT2D eigenvalue weighted by atomic mass is 10.2. The number of anilines is 1. The van der Waals surface area contributed by atoms with Crippen molar-refractivity contribution in [2.24, 2.45) is 0 Å². The van der Waals surface area contributed by atoms with Crippen LogP contribution >= 0.6 is 0 Å². The fraction of sp³-hybridized carbons (Fsp3) is 0.333. The molecule has 6 nitrogen and oxygen atoms in total. The summed E-state index contributed by atoms with van der Waals surface area (Å²) in [6.45, 7) is 1.35. The molecular weight excluding hydrogens is 255 g/mol. The predicted molar refractivity (Wildman–Crippen MR) is 66.6 cm³/mol. The summed E-state index contributed by atoms with van der Waals surface area (Å²) in [7, 11) is 1.33. The number of hydrogen-bond donors (Lipinski definition) is 3. The molecule has 104 valence electrons. The van der Waals surface area contributed by atoms with Crippen LogP contribution in [0.4, 0.5) is 14.9 Å². The maximum Gasteiger partial charge on any atom is 0.328 e. The topological polar surface area (TPSA) is 87.7 Å². The zero-order chi connectivity index (χ0) is 14.4.